The summed E-state index contributed by atoms with van der Waals surface area (Å²) in [6.07, 6.45) is 0. The van der Waals surface area contributed by atoms with Crippen LogP contribution < -0.4 is 29.6 Å². The SMILES string of the molecule is [Na+].[OH-].[OH-].[OH-].[OH-].[OH-].[W]. The molecule has 7 heavy (non-hydrogen) atoms. The molecule has 7 heteroatoms. The first kappa shape index (κ1) is 215. The second-order valence-electron chi connectivity index (χ2n) is 0. The van der Waals surface area contributed by atoms with E-state index >= 15 is 0 Å². The quantitative estimate of drug-likeness (QED) is 0.418. The minimum absolute atomic E-state index is 0. The van der Waals surface area contributed by atoms with Crippen molar-refractivity contribution in [2.24, 2.45) is 0 Å². The predicted molar refractivity (Wildman–Crippen MR) is 9.68 cm³/mol. The normalized spacial score (nSPS) is 0. The maximum absolute atomic E-state index is 0. The van der Waals surface area contributed by atoms with Crippen LogP contribution >= 0.6 is 0 Å². The Bertz CT molecular complexity index is 8.04. The first-order valence-electron chi connectivity index (χ1n) is 0. The third-order valence-corrected chi connectivity index (χ3v) is 0. The molecular formula is H5NaO5W-4. The number of hydrogen-bond donors (Lipinski definition) is 0. The van der Waals surface area contributed by atoms with Crippen LogP contribution in [0.5, 0.6) is 0 Å². The Hall–Kier alpha value is 1.49. The van der Waals surface area contributed by atoms with Gasteiger partial charge in [-0.2, -0.15) is 0 Å². The van der Waals surface area contributed by atoms with E-state index in [0.717, 1.165) is 0 Å². The van der Waals surface area contributed by atoms with E-state index < -0.39 is 0 Å². The van der Waals surface area contributed by atoms with Crippen molar-refractivity contribution in [2.75, 3.05) is 0 Å². The van der Waals surface area contributed by atoms with Crippen LogP contribution in [0.25, 0.3) is 0 Å². The van der Waals surface area contributed by atoms with Crippen molar-refractivity contribution >= 4 is 0 Å². The summed E-state index contributed by atoms with van der Waals surface area (Å²) < 4.78 is 0. The van der Waals surface area contributed by atoms with Gasteiger partial charge in [0.05, 0.1) is 0 Å². The molecule has 0 rings (SSSR count). The minimum Gasteiger partial charge on any atom is -0.870 e. The van der Waals surface area contributed by atoms with Gasteiger partial charge >= 0.3 is 29.6 Å². The van der Waals surface area contributed by atoms with E-state index in [2.05, 4.69) is 0 Å². The molecule has 0 unspecified atom stereocenters. The van der Waals surface area contributed by atoms with E-state index in [4.69, 9.17) is 0 Å². The summed E-state index contributed by atoms with van der Waals surface area (Å²) in [6, 6.07) is 0. The van der Waals surface area contributed by atoms with Crippen LogP contribution in [0.3, 0.4) is 0 Å². The monoisotopic (exact) mass is 292 g/mol. The van der Waals surface area contributed by atoms with Gasteiger partial charge in [-0.3, -0.25) is 0 Å². The van der Waals surface area contributed by atoms with E-state index in [1.54, 1.807) is 0 Å². The van der Waals surface area contributed by atoms with Crippen LogP contribution in [0.1, 0.15) is 0 Å². The van der Waals surface area contributed by atoms with E-state index in [-0.39, 0.29) is 78.0 Å². The van der Waals surface area contributed by atoms with Crippen molar-refractivity contribution < 1.29 is 78.0 Å². The van der Waals surface area contributed by atoms with Gasteiger partial charge in [0, 0.05) is 21.1 Å². The molecule has 0 radical (unpaired) electrons. The van der Waals surface area contributed by atoms with Crippen LogP contribution in [0.15, 0.2) is 0 Å². The molecule has 0 spiro atoms. The Morgan fingerprint density at radius 3 is 0.429 bits per heavy atom. The first-order valence-corrected chi connectivity index (χ1v) is 0. The van der Waals surface area contributed by atoms with Gasteiger partial charge in [-0.15, -0.1) is 0 Å². The zero-order valence-electron chi connectivity index (χ0n) is 3.64. The molecule has 0 aliphatic rings. The zero-order chi connectivity index (χ0) is 0. The van der Waals surface area contributed by atoms with Crippen molar-refractivity contribution in [3.63, 3.8) is 0 Å². The average molecular weight is 292 g/mol. The summed E-state index contributed by atoms with van der Waals surface area (Å²) >= 11 is 0. The topological polar surface area (TPSA) is 150 Å². The summed E-state index contributed by atoms with van der Waals surface area (Å²) in [4.78, 5) is 0. The van der Waals surface area contributed by atoms with Crippen molar-refractivity contribution in [2.45, 2.75) is 0 Å². The van der Waals surface area contributed by atoms with Gasteiger partial charge in [-0.25, -0.2) is 0 Å². The molecule has 0 saturated heterocycles. The maximum atomic E-state index is 0. The second kappa shape index (κ2) is 142. The molecule has 5 nitrogen and oxygen atoms in total. The zero-order valence-corrected chi connectivity index (χ0v) is 8.58. The molecule has 0 saturated carbocycles. The van der Waals surface area contributed by atoms with E-state index in [0.29, 0.717) is 0 Å². The van der Waals surface area contributed by atoms with Crippen LogP contribution in [0.2, 0.25) is 0 Å². The van der Waals surface area contributed by atoms with Gasteiger partial charge in [0.25, 0.3) is 0 Å². The number of rotatable bonds is 0. The van der Waals surface area contributed by atoms with Crippen LogP contribution in [-0.2, 0) is 21.1 Å². The van der Waals surface area contributed by atoms with Crippen LogP contribution in [-0.4, -0.2) is 27.4 Å². The van der Waals surface area contributed by atoms with Crippen molar-refractivity contribution in [3.8, 4) is 0 Å². The fraction of sp³-hybridized carbons (Fsp3) is 0. The van der Waals surface area contributed by atoms with Gasteiger partial charge in [-0.05, 0) is 0 Å². The van der Waals surface area contributed by atoms with Crippen molar-refractivity contribution in [3.05, 3.63) is 0 Å². The summed E-state index contributed by atoms with van der Waals surface area (Å²) in [6.45, 7) is 0. The van der Waals surface area contributed by atoms with Crippen molar-refractivity contribution in [1.82, 2.24) is 0 Å². The molecule has 0 aromatic heterocycles. The van der Waals surface area contributed by atoms with Gasteiger partial charge in [0.2, 0.25) is 0 Å². The molecular weight excluding hydrogens is 287 g/mol. The molecule has 0 amide bonds. The fourth-order valence-electron chi connectivity index (χ4n) is 0. The van der Waals surface area contributed by atoms with Crippen LogP contribution in [0, 0.1) is 0 Å². The molecule has 0 bridgehead atoms. The Labute approximate surface area is 77.6 Å². The second-order valence-corrected chi connectivity index (χ2v) is 0. The van der Waals surface area contributed by atoms with Gasteiger partial charge in [0.15, 0.2) is 0 Å². The molecule has 46 valence electrons. The van der Waals surface area contributed by atoms with Gasteiger partial charge < -0.3 is 27.4 Å². The molecule has 0 aromatic rings. The van der Waals surface area contributed by atoms with Gasteiger partial charge in [0.1, 0.15) is 0 Å². The fourth-order valence-corrected chi connectivity index (χ4v) is 0. The summed E-state index contributed by atoms with van der Waals surface area (Å²) in [5.41, 5.74) is 0. The number of hydrogen-bond acceptors (Lipinski definition) is 5. The molecule has 0 aromatic carbocycles. The first-order chi connectivity index (χ1) is 0. The van der Waals surface area contributed by atoms with Crippen LogP contribution in [0.4, 0.5) is 0 Å². The Kier molecular flexibility index (Phi) is 4370. The van der Waals surface area contributed by atoms with E-state index in [1.807, 2.05) is 0 Å². The summed E-state index contributed by atoms with van der Waals surface area (Å²) in [5, 5.41) is 0. The molecule has 0 heterocycles. The molecule has 0 fully saturated rings. The standard InChI is InChI=1S/Na.5H2O.W/h;5*1H2;/q+1;;;;;;/p-5. The largest absolute Gasteiger partial charge is 1.00 e. The third kappa shape index (κ3) is 102. The van der Waals surface area contributed by atoms with Crippen molar-refractivity contribution in [1.29, 1.82) is 0 Å². The Morgan fingerprint density at radius 2 is 0.429 bits per heavy atom. The van der Waals surface area contributed by atoms with E-state index in [1.165, 1.54) is 0 Å². The molecule has 0 aliphatic carbocycles. The maximum Gasteiger partial charge on any atom is 1.00 e. The average Bonchev–Trinajstić information content (AvgIpc) is 0. The Morgan fingerprint density at radius 1 is 0.429 bits per heavy atom. The Balaban J connectivity index is 0. The molecule has 5 N–H and O–H groups in total. The summed E-state index contributed by atoms with van der Waals surface area (Å²) in [7, 11) is 0. The third-order valence-electron chi connectivity index (χ3n) is 0. The predicted octanol–water partition coefficient (Wildman–Crippen LogP) is -3.88. The summed E-state index contributed by atoms with van der Waals surface area (Å²) in [5.74, 6) is 0. The minimum atomic E-state index is 0. The smallest absolute Gasteiger partial charge is 0.870 e. The van der Waals surface area contributed by atoms with Gasteiger partial charge in [-0.1, -0.05) is 0 Å². The molecule has 0 aliphatic heterocycles. The molecule has 0 atom stereocenters. The van der Waals surface area contributed by atoms with E-state index in [9.17, 15) is 0 Å².